The molecular weight excluding hydrogens is 342 g/mol. The van der Waals surface area contributed by atoms with E-state index in [1.807, 2.05) is 45.0 Å². The third-order valence-electron chi connectivity index (χ3n) is 6.15. The fraction of sp³-hybridized carbons (Fsp3) is 0.571. The first-order valence-electron chi connectivity index (χ1n) is 9.85. The highest BCUT2D eigenvalue weighted by Crippen LogP contribution is 2.38. The molecule has 6 heteroatoms. The van der Waals surface area contributed by atoms with Gasteiger partial charge in [-0.15, -0.1) is 0 Å². The summed E-state index contributed by atoms with van der Waals surface area (Å²) in [7, 11) is 0. The third-order valence-corrected chi connectivity index (χ3v) is 6.15. The van der Waals surface area contributed by atoms with Crippen molar-refractivity contribution in [3.63, 3.8) is 0 Å². The van der Waals surface area contributed by atoms with Crippen LogP contribution in [0.3, 0.4) is 0 Å². The zero-order valence-corrected chi connectivity index (χ0v) is 16.5. The highest BCUT2D eigenvalue weighted by molar-refractivity contribution is 6.09. The van der Waals surface area contributed by atoms with Crippen molar-refractivity contribution in [2.75, 3.05) is 13.1 Å². The normalized spacial score (nSPS) is 25.0. The van der Waals surface area contributed by atoms with Gasteiger partial charge in [-0.25, -0.2) is 4.79 Å². The van der Waals surface area contributed by atoms with Gasteiger partial charge < -0.3 is 10.2 Å². The Morgan fingerprint density at radius 3 is 2.70 bits per heavy atom. The summed E-state index contributed by atoms with van der Waals surface area (Å²) >= 11 is 0. The van der Waals surface area contributed by atoms with Gasteiger partial charge in [-0.05, 0) is 43.7 Å². The zero-order valence-electron chi connectivity index (χ0n) is 16.5. The van der Waals surface area contributed by atoms with Crippen LogP contribution in [0.2, 0.25) is 0 Å². The largest absolute Gasteiger partial charge is 0.337 e. The lowest BCUT2D eigenvalue weighted by molar-refractivity contribution is -0.140. The number of carbonyl (C=O) groups excluding carboxylic acids is 3. The van der Waals surface area contributed by atoms with Gasteiger partial charge in [0.25, 0.3) is 5.91 Å². The van der Waals surface area contributed by atoms with Crippen molar-refractivity contribution in [2.24, 2.45) is 5.92 Å². The maximum atomic E-state index is 13.0. The van der Waals surface area contributed by atoms with Crippen LogP contribution < -0.4 is 5.32 Å². The summed E-state index contributed by atoms with van der Waals surface area (Å²) in [5, 5.41) is 2.91. The van der Waals surface area contributed by atoms with Gasteiger partial charge in [0, 0.05) is 13.1 Å². The van der Waals surface area contributed by atoms with Crippen molar-refractivity contribution >= 4 is 17.8 Å². The summed E-state index contributed by atoms with van der Waals surface area (Å²) < 4.78 is 0. The predicted molar refractivity (Wildman–Crippen MR) is 103 cm³/mol. The van der Waals surface area contributed by atoms with E-state index >= 15 is 0 Å². The number of carbonyl (C=O) groups is 3. The van der Waals surface area contributed by atoms with Gasteiger partial charge in [0.15, 0.2) is 0 Å². The first-order chi connectivity index (χ1) is 12.9. The molecule has 6 nitrogen and oxygen atoms in total. The summed E-state index contributed by atoms with van der Waals surface area (Å²) in [6.07, 6.45) is 3.57. The molecule has 2 aliphatic rings. The molecule has 2 atom stereocenters. The number of amides is 4. The van der Waals surface area contributed by atoms with Gasteiger partial charge >= 0.3 is 6.03 Å². The van der Waals surface area contributed by atoms with Crippen LogP contribution in [-0.4, -0.2) is 46.3 Å². The molecule has 0 bridgehead atoms. The minimum atomic E-state index is -0.817. The van der Waals surface area contributed by atoms with E-state index in [-0.39, 0.29) is 24.3 Å². The quantitative estimate of drug-likeness (QED) is 0.809. The molecule has 146 valence electrons. The van der Waals surface area contributed by atoms with Crippen molar-refractivity contribution in [3.8, 4) is 0 Å². The van der Waals surface area contributed by atoms with E-state index in [0.717, 1.165) is 35.3 Å². The molecule has 4 amide bonds. The van der Waals surface area contributed by atoms with E-state index in [2.05, 4.69) is 5.32 Å². The lowest BCUT2D eigenvalue weighted by Gasteiger charge is -2.36. The molecule has 3 rings (SSSR count). The Hall–Kier alpha value is -2.37. The molecule has 1 saturated heterocycles. The third kappa shape index (κ3) is 3.57. The number of aryl methyl sites for hydroxylation is 1. The van der Waals surface area contributed by atoms with E-state index in [1.54, 1.807) is 4.90 Å². The second kappa shape index (κ2) is 7.71. The van der Waals surface area contributed by atoms with E-state index in [4.69, 9.17) is 0 Å². The minimum Gasteiger partial charge on any atom is -0.337 e. The number of hydrogen-bond acceptors (Lipinski definition) is 3. The number of nitrogens with zero attached hydrogens (tertiary/aromatic N) is 2. The Labute approximate surface area is 160 Å². The van der Waals surface area contributed by atoms with Crippen LogP contribution in [0, 0.1) is 12.8 Å². The van der Waals surface area contributed by atoms with Gasteiger partial charge in [-0.2, -0.15) is 0 Å². The van der Waals surface area contributed by atoms with Gasteiger partial charge in [0.2, 0.25) is 5.91 Å². The van der Waals surface area contributed by atoms with Gasteiger partial charge in [-0.3, -0.25) is 14.5 Å². The average Bonchev–Trinajstić information content (AvgIpc) is 2.88. The van der Waals surface area contributed by atoms with Crippen LogP contribution in [0.25, 0.3) is 0 Å². The molecular formula is C21H29N3O3. The van der Waals surface area contributed by atoms with Crippen LogP contribution in [0.4, 0.5) is 4.79 Å². The first-order valence-corrected chi connectivity index (χ1v) is 9.85. The van der Waals surface area contributed by atoms with E-state index in [1.165, 1.54) is 0 Å². The minimum absolute atomic E-state index is 0.0945. The van der Waals surface area contributed by atoms with Crippen LogP contribution in [0.15, 0.2) is 24.3 Å². The van der Waals surface area contributed by atoms with Crippen molar-refractivity contribution in [1.29, 1.82) is 0 Å². The smallest absolute Gasteiger partial charge is 0.325 e. The second-order valence-corrected chi connectivity index (χ2v) is 7.77. The van der Waals surface area contributed by atoms with E-state index in [0.29, 0.717) is 19.5 Å². The Kier molecular flexibility index (Phi) is 5.53. The molecule has 1 aromatic rings. The van der Waals surface area contributed by atoms with Crippen molar-refractivity contribution in [2.45, 2.75) is 58.5 Å². The molecule has 2 unspecified atom stereocenters. The van der Waals surface area contributed by atoms with Crippen molar-refractivity contribution in [3.05, 3.63) is 35.4 Å². The summed E-state index contributed by atoms with van der Waals surface area (Å²) in [5.41, 5.74) is 1.37. The predicted octanol–water partition coefficient (Wildman–Crippen LogP) is 2.84. The fourth-order valence-corrected chi connectivity index (χ4v) is 4.24. The molecule has 0 radical (unpaired) electrons. The maximum Gasteiger partial charge on any atom is 0.325 e. The molecule has 1 aliphatic carbocycles. The Balaban J connectivity index is 1.71. The van der Waals surface area contributed by atoms with Gasteiger partial charge in [0.05, 0.1) is 0 Å². The monoisotopic (exact) mass is 371 g/mol. The topological polar surface area (TPSA) is 69.7 Å². The van der Waals surface area contributed by atoms with E-state index < -0.39 is 11.6 Å². The fourth-order valence-electron chi connectivity index (χ4n) is 4.24. The summed E-state index contributed by atoms with van der Waals surface area (Å²) in [6.45, 7) is 6.75. The maximum absolute atomic E-state index is 13.0. The molecule has 1 aliphatic heterocycles. The van der Waals surface area contributed by atoms with Crippen LogP contribution in [0.5, 0.6) is 0 Å². The SMILES string of the molecule is CCN(Cc1ccccc1C)C(=O)CN1C(=O)NC2(CCCCC2C)C1=O. The number of nitrogens with one attached hydrogen (secondary N) is 1. The summed E-state index contributed by atoms with van der Waals surface area (Å²) in [4.78, 5) is 41.2. The lowest BCUT2D eigenvalue weighted by atomic mass is 9.73. The van der Waals surface area contributed by atoms with Crippen LogP contribution in [0.1, 0.15) is 50.7 Å². The Morgan fingerprint density at radius 2 is 2.04 bits per heavy atom. The highest BCUT2D eigenvalue weighted by Gasteiger charge is 2.55. The summed E-state index contributed by atoms with van der Waals surface area (Å²) in [6, 6.07) is 7.49. The molecule has 1 saturated carbocycles. The molecule has 27 heavy (non-hydrogen) atoms. The molecule has 1 heterocycles. The first kappa shape index (κ1) is 19.4. The van der Waals surface area contributed by atoms with Crippen molar-refractivity contribution in [1.82, 2.24) is 15.1 Å². The number of benzene rings is 1. The van der Waals surface area contributed by atoms with Gasteiger partial charge in [-0.1, -0.05) is 44.0 Å². The van der Waals surface area contributed by atoms with Gasteiger partial charge in [0.1, 0.15) is 12.1 Å². The standard InChI is InChI=1S/C21H29N3O3/c1-4-23(13-17-11-6-5-9-15(17)2)18(25)14-24-19(26)21(22-20(24)27)12-8-7-10-16(21)3/h5-6,9,11,16H,4,7-8,10,12-14H2,1-3H3,(H,22,27). The number of imide groups is 1. The lowest BCUT2D eigenvalue weighted by Crippen LogP contribution is -2.54. The molecule has 1 aromatic carbocycles. The van der Waals surface area contributed by atoms with E-state index in [9.17, 15) is 14.4 Å². The number of rotatable bonds is 5. The van der Waals surface area contributed by atoms with Crippen LogP contribution >= 0.6 is 0 Å². The molecule has 0 aromatic heterocycles. The number of hydrogen-bond donors (Lipinski definition) is 1. The molecule has 1 spiro atoms. The van der Waals surface area contributed by atoms with Crippen LogP contribution in [-0.2, 0) is 16.1 Å². The number of urea groups is 1. The van der Waals surface area contributed by atoms with Crippen molar-refractivity contribution < 1.29 is 14.4 Å². The highest BCUT2D eigenvalue weighted by atomic mass is 16.2. The second-order valence-electron chi connectivity index (χ2n) is 7.77. The Bertz CT molecular complexity index is 748. The number of likely N-dealkylation sites (N-methyl/N-ethyl adjacent to an activating group) is 1. The molecule has 2 fully saturated rings. The Morgan fingerprint density at radius 1 is 1.30 bits per heavy atom. The summed E-state index contributed by atoms with van der Waals surface area (Å²) in [5.74, 6) is -0.346. The zero-order chi connectivity index (χ0) is 19.6. The average molecular weight is 371 g/mol. The molecule has 1 N–H and O–H groups in total.